The van der Waals surface area contributed by atoms with Crippen LogP contribution in [0.2, 0.25) is 0 Å². The smallest absolute Gasteiger partial charge is 0.159 e. The quantitative estimate of drug-likeness (QED) is 0.746. The molecule has 0 aliphatic carbocycles. The van der Waals surface area contributed by atoms with Gasteiger partial charge in [0.1, 0.15) is 0 Å². The maximum Gasteiger partial charge on any atom is 0.159 e. The van der Waals surface area contributed by atoms with E-state index in [9.17, 15) is 8.78 Å². The molecule has 0 saturated carbocycles. The first kappa shape index (κ1) is 11.5. The van der Waals surface area contributed by atoms with E-state index in [1.807, 2.05) is 0 Å². The predicted octanol–water partition coefficient (Wildman–Crippen LogP) is 3.34. The number of hydrogen-bond donors (Lipinski definition) is 0. The molecule has 1 aliphatic rings. The van der Waals surface area contributed by atoms with Gasteiger partial charge in [-0.2, -0.15) is 0 Å². The van der Waals surface area contributed by atoms with Crippen LogP contribution >= 0.6 is 0 Å². The molecule has 0 unspecified atom stereocenters. The van der Waals surface area contributed by atoms with E-state index in [0.717, 1.165) is 25.2 Å². The second kappa shape index (κ2) is 5.39. The molecule has 1 fully saturated rings. The zero-order valence-corrected chi connectivity index (χ0v) is 9.38. The van der Waals surface area contributed by atoms with Gasteiger partial charge in [0.15, 0.2) is 11.6 Å². The lowest BCUT2D eigenvalue weighted by molar-refractivity contribution is 0.276. The Balaban J connectivity index is 1.99. The van der Waals surface area contributed by atoms with E-state index in [1.165, 1.54) is 37.8 Å². The Morgan fingerprint density at radius 1 is 0.938 bits per heavy atom. The standard InChI is InChI=1S/C13H17F2N/c14-12-6-5-11(9-13(12)15)10-16-7-3-1-2-4-8-16/h5-6,9H,1-4,7-8,10H2. The summed E-state index contributed by atoms with van der Waals surface area (Å²) in [6.45, 7) is 2.87. The number of nitrogens with zero attached hydrogens (tertiary/aromatic N) is 1. The Kier molecular flexibility index (Phi) is 3.88. The summed E-state index contributed by atoms with van der Waals surface area (Å²) in [6, 6.07) is 4.19. The molecule has 2 rings (SSSR count). The topological polar surface area (TPSA) is 3.24 Å². The third-order valence-corrected chi connectivity index (χ3v) is 3.09. The fourth-order valence-electron chi connectivity index (χ4n) is 2.19. The minimum atomic E-state index is -0.764. The number of likely N-dealkylation sites (tertiary alicyclic amines) is 1. The van der Waals surface area contributed by atoms with Crippen LogP contribution in [0.3, 0.4) is 0 Å². The molecule has 0 radical (unpaired) electrons. The summed E-state index contributed by atoms with van der Waals surface area (Å²) < 4.78 is 25.8. The fourth-order valence-corrected chi connectivity index (χ4v) is 2.19. The van der Waals surface area contributed by atoms with Gasteiger partial charge in [-0.1, -0.05) is 18.9 Å². The highest BCUT2D eigenvalue weighted by Gasteiger charge is 2.10. The van der Waals surface area contributed by atoms with Gasteiger partial charge in [0, 0.05) is 6.54 Å². The lowest BCUT2D eigenvalue weighted by Gasteiger charge is -2.19. The van der Waals surface area contributed by atoms with Crippen molar-refractivity contribution >= 4 is 0 Å². The van der Waals surface area contributed by atoms with Crippen LogP contribution in [0.25, 0.3) is 0 Å². The molecule has 0 amide bonds. The Labute approximate surface area is 95.1 Å². The second-order valence-corrected chi connectivity index (χ2v) is 4.44. The molecule has 16 heavy (non-hydrogen) atoms. The SMILES string of the molecule is Fc1ccc(CN2CCCCCC2)cc1F. The van der Waals surface area contributed by atoms with Crippen LogP contribution in [0.1, 0.15) is 31.2 Å². The zero-order valence-electron chi connectivity index (χ0n) is 9.38. The van der Waals surface area contributed by atoms with Crippen molar-refractivity contribution < 1.29 is 8.78 Å². The average molecular weight is 225 g/mol. The van der Waals surface area contributed by atoms with Crippen molar-refractivity contribution in [1.29, 1.82) is 0 Å². The summed E-state index contributed by atoms with van der Waals surface area (Å²) in [7, 11) is 0. The molecule has 0 spiro atoms. The minimum Gasteiger partial charge on any atom is -0.299 e. The first-order chi connectivity index (χ1) is 7.75. The summed E-state index contributed by atoms with van der Waals surface area (Å²) in [5.74, 6) is -1.51. The molecule has 0 atom stereocenters. The van der Waals surface area contributed by atoms with Crippen molar-refractivity contribution in [3.8, 4) is 0 Å². The molecule has 1 aliphatic heterocycles. The van der Waals surface area contributed by atoms with Gasteiger partial charge in [-0.05, 0) is 43.6 Å². The Morgan fingerprint density at radius 2 is 1.62 bits per heavy atom. The number of benzene rings is 1. The van der Waals surface area contributed by atoms with Crippen LogP contribution in [0, 0.1) is 11.6 Å². The van der Waals surface area contributed by atoms with E-state index in [4.69, 9.17) is 0 Å². The van der Waals surface area contributed by atoms with Gasteiger partial charge >= 0.3 is 0 Å². The van der Waals surface area contributed by atoms with Gasteiger partial charge in [-0.25, -0.2) is 8.78 Å². The minimum absolute atomic E-state index is 0.733. The van der Waals surface area contributed by atoms with Crippen LogP contribution in [-0.2, 0) is 6.54 Å². The summed E-state index contributed by atoms with van der Waals surface area (Å²) in [4.78, 5) is 2.32. The highest BCUT2D eigenvalue weighted by Crippen LogP contribution is 2.15. The van der Waals surface area contributed by atoms with Gasteiger partial charge in [-0.3, -0.25) is 4.90 Å². The molecule has 1 saturated heterocycles. The van der Waals surface area contributed by atoms with Crippen molar-refractivity contribution in [2.45, 2.75) is 32.2 Å². The second-order valence-electron chi connectivity index (χ2n) is 4.44. The lowest BCUT2D eigenvalue weighted by Crippen LogP contribution is -2.24. The van der Waals surface area contributed by atoms with Crippen LogP contribution in [0.5, 0.6) is 0 Å². The fraction of sp³-hybridized carbons (Fsp3) is 0.538. The molecular weight excluding hydrogens is 208 g/mol. The van der Waals surface area contributed by atoms with Crippen molar-refractivity contribution in [3.63, 3.8) is 0 Å². The van der Waals surface area contributed by atoms with Crippen molar-refractivity contribution in [1.82, 2.24) is 4.90 Å². The normalized spacial score (nSPS) is 18.4. The van der Waals surface area contributed by atoms with Crippen LogP contribution in [0.15, 0.2) is 18.2 Å². The largest absolute Gasteiger partial charge is 0.299 e. The summed E-state index contributed by atoms with van der Waals surface area (Å²) in [6.07, 6.45) is 5.00. The van der Waals surface area contributed by atoms with E-state index in [1.54, 1.807) is 6.07 Å². The van der Waals surface area contributed by atoms with Crippen LogP contribution in [-0.4, -0.2) is 18.0 Å². The summed E-state index contributed by atoms with van der Waals surface area (Å²) in [5.41, 5.74) is 0.862. The molecular formula is C13H17F2N. The van der Waals surface area contributed by atoms with Crippen LogP contribution < -0.4 is 0 Å². The Hall–Kier alpha value is -0.960. The summed E-state index contributed by atoms with van der Waals surface area (Å²) in [5, 5.41) is 0. The first-order valence-electron chi connectivity index (χ1n) is 5.92. The lowest BCUT2D eigenvalue weighted by atomic mass is 10.2. The Bertz CT molecular complexity index is 344. The van der Waals surface area contributed by atoms with Gasteiger partial charge in [0.05, 0.1) is 0 Å². The predicted molar refractivity (Wildman–Crippen MR) is 60.1 cm³/mol. The van der Waals surface area contributed by atoms with E-state index in [0.29, 0.717) is 0 Å². The maximum absolute atomic E-state index is 13.0. The van der Waals surface area contributed by atoms with Crippen molar-refractivity contribution in [3.05, 3.63) is 35.4 Å². The maximum atomic E-state index is 13.0. The molecule has 0 bridgehead atoms. The van der Waals surface area contributed by atoms with E-state index >= 15 is 0 Å². The molecule has 1 heterocycles. The Morgan fingerprint density at radius 3 is 2.25 bits per heavy atom. The first-order valence-corrected chi connectivity index (χ1v) is 5.92. The third-order valence-electron chi connectivity index (χ3n) is 3.09. The van der Waals surface area contributed by atoms with E-state index in [-0.39, 0.29) is 0 Å². The van der Waals surface area contributed by atoms with Crippen LogP contribution in [0.4, 0.5) is 8.78 Å². The molecule has 3 heteroatoms. The molecule has 88 valence electrons. The van der Waals surface area contributed by atoms with Gasteiger partial charge in [0.2, 0.25) is 0 Å². The zero-order chi connectivity index (χ0) is 11.4. The van der Waals surface area contributed by atoms with Gasteiger partial charge in [-0.15, -0.1) is 0 Å². The number of halogens is 2. The molecule has 1 aromatic rings. The molecule has 1 aromatic carbocycles. The van der Waals surface area contributed by atoms with E-state index < -0.39 is 11.6 Å². The third kappa shape index (κ3) is 3.01. The van der Waals surface area contributed by atoms with Crippen molar-refractivity contribution in [2.75, 3.05) is 13.1 Å². The van der Waals surface area contributed by atoms with Gasteiger partial charge in [0.25, 0.3) is 0 Å². The molecule has 0 aromatic heterocycles. The average Bonchev–Trinajstić information content (AvgIpc) is 2.52. The number of hydrogen-bond acceptors (Lipinski definition) is 1. The van der Waals surface area contributed by atoms with Gasteiger partial charge < -0.3 is 0 Å². The van der Waals surface area contributed by atoms with E-state index in [2.05, 4.69) is 4.90 Å². The molecule has 0 N–H and O–H groups in total. The monoisotopic (exact) mass is 225 g/mol. The number of rotatable bonds is 2. The van der Waals surface area contributed by atoms with Crippen molar-refractivity contribution in [2.24, 2.45) is 0 Å². The highest BCUT2D eigenvalue weighted by molar-refractivity contribution is 5.17. The summed E-state index contributed by atoms with van der Waals surface area (Å²) >= 11 is 0. The molecule has 1 nitrogen and oxygen atoms in total. The highest BCUT2D eigenvalue weighted by atomic mass is 19.2.